The lowest BCUT2D eigenvalue weighted by Crippen LogP contribution is -2.00. The average Bonchev–Trinajstić information content (AvgIpc) is 2.71. The molecule has 0 saturated carbocycles. The van der Waals surface area contributed by atoms with Crippen LogP contribution < -0.4 is 0 Å². The molecule has 0 fully saturated rings. The van der Waals surface area contributed by atoms with Crippen molar-refractivity contribution in [3.63, 3.8) is 0 Å². The van der Waals surface area contributed by atoms with Crippen molar-refractivity contribution in [2.24, 2.45) is 0 Å². The summed E-state index contributed by atoms with van der Waals surface area (Å²) in [5.74, 6) is -1.04. The van der Waals surface area contributed by atoms with Gasteiger partial charge in [-0.3, -0.25) is 0 Å². The van der Waals surface area contributed by atoms with E-state index in [-0.39, 0.29) is 5.69 Å². The van der Waals surface area contributed by atoms with Crippen LogP contribution in [0.2, 0.25) is 0 Å². The predicted molar refractivity (Wildman–Crippen MR) is 48.8 cm³/mol. The molecule has 2 heterocycles. The highest BCUT2D eigenvalue weighted by Crippen LogP contribution is 2.12. The number of hydrogen-bond acceptors (Lipinski definition) is 3. The lowest BCUT2D eigenvalue weighted by molar-refractivity contribution is 0.0690. The Morgan fingerprint density at radius 1 is 1.43 bits per heavy atom. The molecule has 0 aliphatic heterocycles. The van der Waals surface area contributed by atoms with Gasteiger partial charge in [0.15, 0.2) is 0 Å². The maximum absolute atomic E-state index is 10.6. The highest BCUT2D eigenvalue weighted by molar-refractivity contribution is 5.85. The molecule has 0 bridgehead atoms. The molecule has 2 N–H and O–H groups in total. The van der Waals surface area contributed by atoms with Gasteiger partial charge >= 0.3 is 5.97 Å². The van der Waals surface area contributed by atoms with Crippen LogP contribution in [0.15, 0.2) is 30.7 Å². The SMILES string of the molecule is O=C(O)c1cccc(-c2cnc[nH]2)n1. The summed E-state index contributed by atoms with van der Waals surface area (Å²) >= 11 is 0. The molecule has 0 saturated heterocycles. The van der Waals surface area contributed by atoms with Crippen molar-refractivity contribution in [3.05, 3.63) is 36.4 Å². The third-order valence-corrected chi connectivity index (χ3v) is 1.74. The number of carbonyl (C=O) groups is 1. The average molecular weight is 189 g/mol. The molecule has 0 radical (unpaired) electrons. The van der Waals surface area contributed by atoms with Gasteiger partial charge in [0.25, 0.3) is 0 Å². The Labute approximate surface area is 79.5 Å². The monoisotopic (exact) mass is 189 g/mol. The summed E-state index contributed by atoms with van der Waals surface area (Å²) in [5.41, 5.74) is 1.30. The number of nitrogens with one attached hydrogen (secondary N) is 1. The Hall–Kier alpha value is -2.17. The molecule has 0 aliphatic rings. The Morgan fingerprint density at radius 3 is 2.93 bits per heavy atom. The van der Waals surface area contributed by atoms with Gasteiger partial charge in [0.2, 0.25) is 0 Å². The summed E-state index contributed by atoms with van der Waals surface area (Å²) in [5, 5.41) is 8.72. The van der Waals surface area contributed by atoms with Crippen LogP contribution in [0.3, 0.4) is 0 Å². The van der Waals surface area contributed by atoms with Gasteiger partial charge in [-0.1, -0.05) is 6.07 Å². The van der Waals surface area contributed by atoms with Crippen molar-refractivity contribution >= 4 is 5.97 Å². The normalized spacial score (nSPS) is 10.0. The molecule has 2 aromatic rings. The number of hydrogen-bond donors (Lipinski definition) is 2. The van der Waals surface area contributed by atoms with Crippen molar-refractivity contribution in [3.8, 4) is 11.4 Å². The number of pyridine rings is 1. The van der Waals surface area contributed by atoms with Crippen LogP contribution in [-0.2, 0) is 0 Å². The number of carboxylic acid groups (broad SMARTS) is 1. The minimum absolute atomic E-state index is 0.0251. The highest BCUT2D eigenvalue weighted by Gasteiger charge is 2.06. The van der Waals surface area contributed by atoms with Gasteiger partial charge < -0.3 is 10.1 Å². The van der Waals surface area contributed by atoms with Crippen molar-refractivity contribution in [2.75, 3.05) is 0 Å². The number of nitrogens with zero attached hydrogens (tertiary/aromatic N) is 2. The minimum Gasteiger partial charge on any atom is -0.477 e. The molecule has 2 rings (SSSR count). The van der Waals surface area contributed by atoms with Gasteiger partial charge in [0, 0.05) is 0 Å². The van der Waals surface area contributed by atoms with Crippen molar-refractivity contribution in [2.45, 2.75) is 0 Å². The third-order valence-electron chi connectivity index (χ3n) is 1.74. The minimum atomic E-state index is -1.04. The Kier molecular flexibility index (Phi) is 1.98. The number of imidazole rings is 1. The topological polar surface area (TPSA) is 78.9 Å². The maximum atomic E-state index is 10.6. The van der Waals surface area contributed by atoms with E-state index in [1.807, 2.05) is 0 Å². The lowest BCUT2D eigenvalue weighted by Gasteiger charge is -1.97. The first-order valence-corrected chi connectivity index (χ1v) is 3.96. The van der Waals surface area contributed by atoms with Gasteiger partial charge in [0.05, 0.1) is 23.9 Å². The van der Waals surface area contributed by atoms with E-state index in [9.17, 15) is 4.79 Å². The quantitative estimate of drug-likeness (QED) is 0.743. The van der Waals surface area contributed by atoms with E-state index in [2.05, 4.69) is 15.0 Å². The molecule has 0 amide bonds. The van der Waals surface area contributed by atoms with E-state index in [4.69, 9.17) is 5.11 Å². The van der Waals surface area contributed by atoms with Gasteiger partial charge in [-0.15, -0.1) is 0 Å². The van der Waals surface area contributed by atoms with Gasteiger partial charge in [-0.05, 0) is 12.1 Å². The molecule has 70 valence electrons. The lowest BCUT2D eigenvalue weighted by atomic mass is 10.2. The first kappa shape index (κ1) is 8.43. The number of carboxylic acids is 1. The fraction of sp³-hybridized carbons (Fsp3) is 0. The second-order valence-corrected chi connectivity index (χ2v) is 2.68. The highest BCUT2D eigenvalue weighted by atomic mass is 16.4. The molecular formula is C9H7N3O2. The molecule has 0 unspecified atom stereocenters. The Morgan fingerprint density at radius 2 is 2.29 bits per heavy atom. The molecule has 0 spiro atoms. The van der Waals surface area contributed by atoms with Gasteiger partial charge in [-0.25, -0.2) is 14.8 Å². The Balaban J connectivity index is 2.46. The molecule has 14 heavy (non-hydrogen) atoms. The number of aromatic amines is 1. The summed E-state index contributed by atoms with van der Waals surface area (Å²) in [6, 6.07) is 4.81. The molecule has 2 aromatic heterocycles. The summed E-state index contributed by atoms with van der Waals surface area (Å²) < 4.78 is 0. The zero-order valence-electron chi connectivity index (χ0n) is 7.14. The number of aromatic nitrogens is 3. The molecule has 0 atom stereocenters. The predicted octanol–water partition coefficient (Wildman–Crippen LogP) is 1.17. The zero-order chi connectivity index (χ0) is 9.97. The van der Waals surface area contributed by atoms with Gasteiger partial charge in [0.1, 0.15) is 5.69 Å². The molecule has 0 aromatic carbocycles. The van der Waals surface area contributed by atoms with E-state index in [0.717, 1.165) is 0 Å². The standard InChI is InChI=1S/C9H7N3O2/c13-9(14)7-3-1-2-6(12-7)8-4-10-5-11-8/h1-5H,(H,10,11)(H,13,14). The number of H-pyrrole nitrogens is 1. The van der Waals surface area contributed by atoms with Gasteiger partial charge in [-0.2, -0.15) is 0 Å². The summed E-state index contributed by atoms with van der Waals surface area (Å²) in [4.78, 5) is 21.3. The van der Waals surface area contributed by atoms with Crippen LogP contribution in [0.4, 0.5) is 0 Å². The van der Waals surface area contributed by atoms with E-state index in [1.165, 1.54) is 12.4 Å². The third kappa shape index (κ3) is 1.47. The van der Waals surface area contributed by atoms with Crippen LogP contribution in [0.5, 0.6) is 0 Å². The molecule has 0 aliphatic carbocycles. The number of rotatable bonds is 2. The van der Waals surface area contributed by atoms with Crippen molar-refractivity contribution in [1.29, 1.82) is 0 Å². The molecular weight excluding hydrogens is 182 g/mol. The van der Waals surface area contributed by atoms with Crippen LogP contribution in [0.25, 0.3) is 11.4 Å². The van der Waals surface area contributed by atoms with Crippen molar-refractivity contribution < 1.29 is 9.90 Å². The fourth-order valence-corrected chi connectivity index (χ4v) is 1.10. The maximum Gasteiger partial charge on any atom is 0.354 e. The summed E-state index contributed by atoms with van der Waals surface area (Å²) in [6.45, 7) is 0. The second-order valence-electron chi connectivity index (χ2n) is 2.68. The van der Waals surface area contributed by atoms with E-state index in [1.54, 1.807) is 18.3 Å². The fourth-order valence-electron chi connectivity index (χ4n) is 1.10. The largest absolute Gasteiger partial charge is 0.477 e. The summed E-state index contributed by atoms with van der Waals surface area (Å²) in [6.07, 6.45) is 3.11. The Bertz CT molecular complexity index is 451. The second kappa shape index (κ2) is 3.29. The molecule has 5 heteroatoms. The van der Waals surface area contributed by atoms with E-state index >= 15 is 0 Å². The van der Waals surface area contributed by atoms with Crippen molar-refractivity contribution in [1.82, 2.24) is 15.0 Å². The van der Waals surface area contributed by atoms with E-state index < -0.39 is 5.97 Å². The van der Waals surface area contributed by atoms with Crippen LogP contribution in [0.1, 0.15) is 10.5 Å². The van der Waals surface area contributed by atoms with Crippen LogP contribution >= 0.6 is 0 Å². The summed E-state index contributed by atoms with van der Waals surface area (Å²) in [7, 11) is 0. The number of aromatic carboxylic acids is 1. The smallest absolute Gasteiger partial charge is 0.354 e. The molecule has 5 nitrogen and oxygen atoms in total. The first-order valence-electron chi connectivity index (χ1n) is 3.96. The van der Waals surface area contributed by atoms with Crippen LogP contribution in [0, 0.1) is 0 Å². The first-order chi connectivity index (χ1) is 6.77. The van der Waals surface area contributed by atoms with E-state index in [0.29, 0.717) is 11.4 Å². The van der Waals surface area contributed by atoms with Crippen LogP contribution in [-0.4, -0.2) is 26.0 Å². The zero-order valence-corrected chi connectivity index (χ0v) is 7.14.